The highest BCUT2D eigenvalue weighted by molar-refractivity contribution is 14.1. The molecule has 0 heterocycles. The molecule has 2 unspecified atom stereocenters. The molecule has 70 valence electrons. The molecule has 0 saturated heterocycles. The lowest BCUT2D eigenvalue weighted by molar-refractivity contribution is 0.710. The fourth-order valence-electron chi connectivity index (χ4n) is 1.86. The Kier molecular flexibility index (Phi) is 2.71. The van der Waals surface area contributed by atoms with Crippen LogP contribution in [0, 0.1) is 9.49 Å². The fourth-order valence-corrected chi connectivity index (χ4v) is 3.16. The maximum atomic E-state index is 3.56. The molecule has 1 aliphatic rings. The summed E-state index contributed by atoms with van der Waals surface area (Å²) in [5, 5.41) is 1.13. The minimum atomic E-state index is 0.452. The Morgan fingerprint density at radius 1 is 1.46 bits per heavy atom. The van der Waals surface area contributed by atoms with Gasteiger partial charge in [0.2, 0.25) is 0 Å². The summed E-state index contributed by atoms with van der Waals surface area (Å²) in [4.78, 5) is 0. The van der Waals surface area contributed by atoms with Crippen molar-refractivity contribution in [1.82, 2.24) is 0 Å². The van der Waals surface area contributed by atoms with E-state index in [9.17, 15) is 0 Å². The molecule has 0 aromatic heterocycles. The molecule has 0 nitrogen and oxygen atoms in total. The average Bonchev–Trinajstić information content (AvgIpc) is 2.80. The first kappa shape index (κ1) is 9.97. The van der Waals surface area contributed by atoms with Gasteiger partial charge in [-0.3, -0.25) is 0 Å². The van der Waals surface area contributed by atoms with Crippen molar-refractivity contribution in [1.29, 1.82) is 0 Å². The van der Waals surface area contributed by atoms with Gasteiger partial charge in [0.25, 0.3) is 0 Å². The van der Waals surface area contributed by atoms with Crippen molar-refractivity contribution >= 4 is 38.5 Å². The number of halogens is 2. The number of hydrogen-bond acceptors (Lipinski definition) is 0. The first-order valence-corrected chi connectivity index (χ1v) is 6.69. The van der Waals surface area contributed by atoms with Crippen LogP contribution in [0.1, 0.15) is 18.9 Å². The van der Waals surface area contributed by atoms with Gasteiger partial charge in [-0.2, -0.15) is 0 Å². The molecule has 2 rings (SSSR count). The minimum Gasteiger partial charge on any atom is -0.0925 e. The summed E-state index contributed by atoms with van der Waals surface area (Å²) < 4.78 is 1.32. The van der Waals surface area contributed by atoms with Crippen LogP contribution in [-0.4, -0.2) is 5.33 Å². The molecule has 1 saturated carbocycles. The molecule has 2 heteroatoms. The second-order valence-corrected chi connectivity index (χ2v) is 5.87. The lowest BCUT2D eigenvalue weighted by atomic mass is 9.96. The van der Waals surface area contributed by atoms with E-state index >= 15 is 0 Å². The van der Waals surface area contributed by atoms with Crippen LogP contribution in [0.3, 0.4) is 0 Å². The summed E-state index contributed by atoms with van der Waals surface area (Å²) >= 11 is 5.91. The summed E-state index contributed by atoms with van der Waals surface area (Å²) in [7, 11) is 0. The van der Waals surface area contributed by atoms with Crippen molar-refractivity contribution < 1.29 is 0 Å². The number of hydrogen-bond donors (Lipinski definition) is 0. The van der Waals surface area contributed by atoms with E-state index in [1.807, 2.05) is 0 Å². The van der Waals surface area contributed by atoms with Crippen molar-refractivity contribution in [3.63, 3.8) is 0 Å². The molecule has 0 bridgehead atoms. The van der Waals surface area contributed by atoms with Crippen LogP contribution in [0.5, 0.6) is 0 Å². The predicted octanol–water partition coefficient (Wildman–Crippen LogP) is 3.96. The van der Waals surface area contributed by atoms with Crippen LogP contribution < -0.4 is 0 Å². The first-order chi connectivity index (χ1) is 6.16. The van der Waals surface area contributed by atoms with Gasteiger partial charge in [0.05, 0.1) is 0 Å². The highest BCUT2D eigenvalue weighted by Crippen LogP contribution is 2.54. The Morgan fingerprint density at radius 2 is 2.08 bits per heavy atom. The third-order valence-electron chi connectivity index (χ3n) is 3.10. The molecule has 0 radical (unpaired) electrons. The Bertz CT molecular complexity index is 306. The summed E-state index contributed by atoms with van der Waals surface area (Å²) in [5.41, 5.74) is 1.95. The fraction of sp³-hybridized carbons (Fsp3) is 0.455. The second kappa shape index (κ2) is 3.54. The summed E-state index contributed by atoms with van der Waals surface area (Å²) in [6.07, 6.45) is 1.33. The van der Waals surface area contributed by atoms with Crippen LogP contribution in [-0.2, 0) is 5.41 Å². The van der Waals surface area contributed by atoms with Gasteiger partial charge in [0.15, 0.2) is 0 Å². The van der Waals surface area contributed by atoms with E-state index in [0.29, 0.717) is 5.41 Å². The van der Waals surface area contributed by atoms with Crippen molar-refractivity contribution in [2.75, 3.05) is 5.33 Å². The smallest absolute Gasteiger partial charge is 0.0130 e. The molecule has 1 aliphatic carbocycles. The molecular formula is C11H12BrI. The maximum Gasteiger partial charge on any atom is 0.0130 e. The lowest BCUT2D eigenvalue weighted by Crippen LogP contribution is -2.04. The monoisotopic (exact) mass is 350 g/mol. The molecule has 1 aromatic carbocycles. The zero-order chi connectivity index (χ0) is 9.47. The number of alkyl halides is 1. The molecule has 0 spiro atoms. The molecule has 0 aliphatic heterocycles. The van der Waals surface area contributed by atoms with Gasteiger partial charge in [-0.15, -0.1) is 0 Å². The van der Waals surface area contributed by atoms with Crippen molar-refractivity contribution in [2.24, 2.45) is 5.92 Å². The van der Waals surface area contributed by atoms with E-state index in [4.69, 9.17) is 0 Å². The Hall–Kier alpha value is 0.430. The highest BCUT2D eigenvalue weighted by atomic mass is 127. The molecular weight excluding hydrogens is 339 g/mol. The maximum absolute atomic E-state index is 3.56. The van der Waals surface area contributed by atoms with Crippen LogP contribution in [0.15, 0.2) is 24.3 Å². The largest absolute Gasteiger partial charge is 0.0925 e. The van der Waals surface area contributed by atoms with Gasteiger partial charge in [0, 0.05) is 8.90 Å². The topological polar surface area (TPSA) is 0 Å². The van der Waals surface area contributed by atoms with Crippen LogP contribution >= 0.6 is 38.5 Å². The Morgan fingerprint density at radius 3 is 2.54 bits per heavy atom. The van der Waals surface area contributed by atoms with Gasteiger partial charge < -0.3 is 0 Å². The minimum absolute atomic E-state index is 0.452. The molecule has 2 atom stereocenters. The van der Waals surface area contributed by atoms with Gasteiger partial charge >= 0.3 is 0 Å². The molecule has 13 heavy (non-hydrogen) atoms. The van der Waals surface area contributed by atoms with E-state index in [2.05, 4.69) is 69.7 Å². The highest BCUT2D eigenvalue weighted by Gasteiger charge is 2.49. The van der Waals surface area contributed by atoms with Gasteiger partial charge in [0.1, 0.15) is 0 Å². The van der Waals surface area contributed by atoms with Gasteiger partial charge in [-0.05, 0) is 58.0 Å². The lowest BCUT2D eigenvalue weighted by Gasteiger charge is -2.10. The number of benzene rings is 1. The van der Waals surface area contributed by atoms with Gasteiger partial charge in [-0.1, -0.05) is 35.0 Å². The van der Waals surface area contributed by atoms with E-state index in [1.54, 1.807) is 0 Å². The Labute approximate surface area is 101 Å². The van der Waals surface area contributed by atoms with Crippen molar-refractivity contribution in [3.05, 3.63) is 33.4 Å². The van der Waals surface area contributed by atoms with E-state index in [0.717, 1.165) is 11.2 Å². The molecule has 0 amide bonds. The zero-order valence-electron chi connectivity index (χ0n) is 7.56. The van der Waals surface area contributed by atoms with Crippen LogP contribution in [0.4, 0.5) is 0 Å². The van der Waals surface area contributed by atoms with Crippen LogP contribution in [0.25, 0.3) is 0 Å². The predicted molar refractivity (Wildman–Crippen MR) is 68.4 cm³/mol. The summed E-state index contributed by atoms with van der Waals surface area (Å²) in [6.45, 7) is 2.36. The quantitative estimate of drug-likeness (QED) is 0.559. The normalized spacial score (nSPS) is 31.8. The second-order valence-electron chi connectivity index (χ2n) is 3.98. The van der Waals surface area contributed by atoms with E-state index in [1.165, 1.54) is 15.6 Å². The van der Waals surface area contributed by atoms with Crippen molar-refractivity contribution in [2.45, 2.75) is 18.8 Å². The standard InChI is InChI=1S/C11H12BrI/c1-11(6-9(11)7-12)8-2-4-10(13)5-3-8/h2-5,9H,6-7H2,1H3. The van der Waals surface area contributed by atoms with Crippen molar-refractivity contribution in [3.8, 4) is 0 Å². The summed E-state index contributed by atoms with van der Waals surface area (Å²) in [5.74, 6) is 0.840. The first-order valence-electron chi connectivity index (χ1n) is 4.49. The summed E-state index contributed by atoms with van der Waals surface area (Å²) in [6, 6.07) is 8.93. The molecule has 1 aromatic rings. The third kappa shape index (κ3) is 1.80. The average molecular weight is 351 g/mol. The van der Waals surface area contributed by atoms with Gasteiger partial charge in [-0.25, -0.2) is 0 Å². The van der Waals surface area contributed by atoms with E-state index < -0.39 is 0 Å². The Balaban J connectivity index is 2.23. The third-order valence-corrected chi connectivity index (χ3v) is 4.60. The molecule has 1 fully saturated rings. The van der Waals surface area contributed by atoms with E-state index in [-0.39, 0.29) is 0 Å². The zero-order valence-corrected chi connectivity index (χ0v) is 11.3. The SMILES string of the molecule is CC1(c2ccc(I)cc2)CC1CBr. The number of rotatable bonds is 2. The van der Waals surface area contributed by atoms with Crippen LogP contribution in [0.2, 0.25) is 0 Å². The molecule has 0 N–H and O–H groups in total.